The summed E-state index contributed by atoms with van der Waals surface area (Å²) in [5.74, 6) is -0.0474. The van der Waals surface area contributed by atoms with Crippen LogP contribution in [0.2, 0.25) is 0 Å². The van der Waals surface area contributed by atoms with Crippen molar-refractivity contribution in [3.8, 4) is 0 Å². The van der Waals surface area contributed by atoms with Crippen molar-refractivity contribution in [2.75, 3.05) is 17.2 Å². The van der Waals surface area contributed by atoms with Crippen molar-refractivity contribution in [3.63, 3.8) is 0 Å². The van der Waals surface area contributed by atoms with Gasteiger partial charge in [-0.15, -0.1) is 0 Å². The van der Waals surface area contributed by atoms with Crippen molar-refractivity contribution in [2.24, 2.45) is 0 Å². The smallest absolute Gasteiger partial charge is 0.319 e. The van der Waals surface area contributed by atoms with E-state index in [-0.39, 0.29) is 11.9 Å². The van der Waals surface area contributed by atoms with Crippen LogP contribution < -0.4 is 16.0 Å². The van der Waals surface area contributed by atoms with Crippen molar-refractivity contribution in [1.29, 1.82) is 0 Å². The summed E-state index contributed by atoms with van der Waals surface area (Å²) in [4.78, 5) is 23.2. The summed E-state index contributed by atoms with van der Waals surface area (Å²) in [5, 5.41) is 8.43. The molecule has 1 aromatic rings. The van der Waals surface area contributed by atoms with E-state index in [0.717, 1.165) is 24.8 Å². The summed E-state index contributed by atoms with van der Waals surface area (Å²) in [6, 6.07) is 5.26. The SMILES string of the molecule is CCCCCNC(=O)Nc1cc(NC(=O)CC)ccc1C. The quantitative estimate of drug-likeness (QED) is 0.671. The van der Waals surface area contributed by atoms with E-state index in [2.05, 4.69) is 22.9 Å². The maximum atomic E-state index is 11.8. The molecule has 3 N–H and O–H groups in total. The minimum absolute atomic E-state index is 0.0474. The van der Waals surface area contributed by atoms with Crippen LogP contribution in [0.1, 0.15) is 45.1 Å². The van der Waals surface area contributed by atoms with Crippen LogP contribution in [-0.4, -0.2) is 18.5 Å². The molecule has 5 nitrogen and oxygen atoms in total. The Kier molecular flexibility index (Phi) is 7.29. The minimum atomic E-state index is -0.215. The van der Waals surface area contributed by atoms with Crippen LogP contribution in [0.5, 0.6) is 0 Å². The van der Waals surface area contributed by atoms with E-state index < -0.39 is 0 Å². The van der Waals surface area contributed by atoms with Crippen LogP contribution in [0.4, 0.5) is 16.2 Å². The molecule has 0 aliphatic carbocycles. The molecule has 0 radical (unpaired) electrons. The summed E-state index contributed by atoms with van der Waals surface area (Å²) in [7, 11) is 0. The number of carbonyl (C=O) groups is 2. The van der Waals surface area contributed by atoms with Gasteiger partial charge in [-0.1, -0.05) is 32.8 Å². The Morgan fingerprint density at radius 3 is 2.52 bits per heavy atom. The Bertz CT molecular complexity index is 486. The van der Waals surface area contributed by atoms with Crippen LogP contribution >= 0.6 is 0 Å². The Balaban J connectivity index is 2.58. The molecule has 0 saturated carbocycles. The lowest BCUT2D eigenvalue weighted by atomic mass is 10.1. The third kappa shape index (κ3) is 6.29. The van der Waals surface area contributed by atoms with Gasteiger partial charge < -0.3 is 16.0 Å². The lowest BCUT2D eigenvalue weighted by molar-refractivity contribution is -0.115. The lowest BCUT2D eigenvalue weighted by Crippen LogP contribution is -2.29. The topological polar surface area (TPSA) is 70.2 Å². The van der Waals surface area contributed by atoms with E-state index in [1.165, 1.54) is 0 Å². The molecule has 1 aromatic carbocycles. The Hall–Kier alpha value is -2.04. The number of benzene rings is 1. The first-order valence-electron chi connectivity index (χ1n) is 7.52. The molecule has 0 aromatic heterocycles. The number of unbranched alkanes of at least 4 members (excludes halogenated alkanes) is 2. The second kappa shape index (κ2) is 9.00. The highest BCUT2D eigenvalue weighted by molar-refractivity contribution is 5.94. The third-order valence-corrected chi connectivity index (χ3v) is 3.16. The average Bonchev–Trinajstić information content (AvgIpc) is 2.47. The Labute approximate surface area is 126 Å². The fraction of sp³-hybridized carbons (Fsp3) is 0.500. The van der Waals surface area contributed by atoms with Gasteiger partial charge in [-0.3, -0.25) is 4.79 Å². The van der Waals surface area contributed by atoms with Crippen molar-refractivity contribution in [2.45, 2.75) is 46.5 Å². The number of anilines is 2. The Morgan fingerprint density at radius 1 is 1.10 bits per heavy atom. The van der Waals surface area contributed by atoms with Crippen LogP contribution in [0.15, 0.2) is 18.2 Å². The van der Waals surface area contributed by atoms with Gasteiger partial charge in [0, 0.05) is 24.3 Å². The molecule has 0 atom stereocenters. The normalized spacial score (nSPS) is 10.0. The largest absolute Gasteiger partial charge is 0.338 e. The molecule has 0 aliphatic rings. The van der Waals surface area contributed by atoms with Crippen molar-refractivity contribution >= 4 is 23.3 Å². The summed E-state index contributed by atoms with van der Waals surface area (Å²) in [5.41, 5.74) is 2.35. The average molecular weight is 291 g/mol. The number of carbonyl (C=O) groups excluding carboxylic acids is 2. The van der Waals surface area contributed by atoms with Crippen LogP contribution in [0.25, 0.3) is 0 Å². The second-order valence-electron chi connectivity index (χ2n) is 5.02. The van der Waals surface area contributed by atoms with Gasteiger partial charge in [0.25, 0.3) is 0 Å². The van der Waals surface area contributed by atoms with Gasteiger partial charge in [-0.2, -0.15) is 0 Å². The number of aryl methyl sites for hydroxylation is 1. The van der Waals surface area contributed by atoms with Gasteiger partial charge in [0.05, 0.1) is 0 Å². The zero-order valence-electron chi connectivity index (χ0n) is 13.1. The molecular formula is C16H25N3O2. The lowest BCUT2D eigenvalue weighted by Gasteiger charge is -2.12. The molecule has 3 amide bonds. The zero-order valence-corrected chi connectivity index (χ0v) is 13.1. The Morgan fingerprint density at radius 2 is 1.86 bits per heavy atom. The van der Waals surface area contributed by atoms with Gasteiger partial charge in [0.15, 0.2) is 0 Å². The summed E-state index contributed by atoms with van der Waals surface area (Å²) in [6.45, 7) is 6.51. The molecule has 0 unspecified atom stereocenters. The minimum Gasteiger partial charge on any atom is -0.338 e. The number of hydrogen-bond donors (Lipinski definition) is 3. The second-order valence-corrected chi connectivity index (χ2v) is 5.02. The molecule has 21 heavy (non-hydrogen) atoms. The number of urea groups is 1. The van der Waals surface area contributed by atoms with E-state index in [4.69, 9.17) is 0 Å². The number of amides is 3. The molecule has 5 heteroatoms. The standard InChI is InChI=1S/C16H25N3O2/c1-4-6-7-10-17-16(21)19-14-11-13(9-8-12(14)3)18-15(20)5-2/h8-9,11H,4-7,10H2,1-3H3,(H,18,20)(H2,17,19,21). The van der Waals surface area contributed by atoms with Gasteiger partial charge in [-0.25, -0.2) is 4.79 Å². The molecule has 116 valence electrons. The van der Waals surface area contributed by atoms with Crippen LogP contribution in [-0.2, 0) is 4.79 Å². The number of nitrogens with one attached hydrogen (secondary N) is 3. The third-order valence-electron chi connectivity index (χ3n) is 3.16. The first-order valence-corrected chi connectivity index (χ1v) is 7.52. The summed E-state index contributed by atoms with van der Waals surface area (Å²) in [6.07, 6.45) is 3.64. The molecular weight excluding hydrogens is 266 g/mol. The molecule has 0 fully saturated rings. The molecule has 1 rings (SSSR count). The summed E-state index contributed by atoms with van der Waals surface area (Å²) < 4.78 is 0. The van der Waals surface area contributed by atoms with Gasteiger partial charge in [0.2, 0.25) is 5.91 Å². The fourth-order valence-corrected chi connectivity index (χ4v) is 1.83. The van der Waals surface area contributed by atoms with Crippen molar-refractivity contribution in [1.82, 2.24) is 5.32 Å². The monoisotopic (exact) mass is 291 g/mol. The zero-order chi connectivity index (χ0) is 15.7. The maximum absolute atomic E-state index is 11.8. The van der Waals surface area contributed by atoms with E-state index in [9.17, 15) is 9.59 Å². The fourth-order valence-electron chi connectivity index (χ4n) is 1.83. The van der Waals surface area contributed by atoms with E-state index >= 15 is 0 Å². The first-order chi connectivity index (χ1) is 10.1. The number of hydrogen-bond acceptors (Lipinski definition) is 2. The highest BCUT2D eigenvalue weighted by Gasteiger charge is 2.06. The van der Waals surface area contributed by atoms with E-state index in [1.807, 2.05) is 19.1 Å². The summed E-state index contributed by atoms with van der Waals surface area (Å²) >= 11 is 0. The molecule has 0 aliphatic heterocycles. The highest BCUT2D eigenvalue weighted by atomic mass is 16.2. The maximum Gasteiger partial charge on any atom is 0.319 e. The molecule has 0 heterocycles. The molecule has 0 spiro atoms. The first kappa shape index (κ1) is 17.0. The van der Waals surface area contributed by atoms with E-state index in [0.29, 0.717) is 24.3 Å². The van der Waals surface area contributed by atoms with Crippen LogP contribution in [0.3, 0.4) is 0 Å². The van der Waals surface area contributed by atoms with Gasteiger partial charge in [0.1, 0.15) is 0 Å². The van der Waals surface area contributed by atoms with Crippen LogP contribution in [0, 0.1) is 6.92 Å². The van der Waals surface area contributed by atoms with Crippen molar-refractivity contribution in [3.05, 3.63) is 23.8 Å². The highest BCUT2D eigenvalue weighted by Crippen LogP contribution is 2.20. The van der Waals surface area contributed by atoms with Gasteiger partial charge in [-0.05, 0) is 31.0 Å². The van der Waals surface area contributed by atoms with Gasteiger partial charge >= 0.3 is 6.03 Å². The predicted octanol–water partition coefficient (Wildman–Crippen LogP) is 3.66. The van der Waals surface area contributed by atoms with Crippen molar-refractivity contribution < 1.29 is 9.59 Å². The molecule has 0 saturated heterocycles. The number of rotatable bonds is 7. The predicted molar refractivity (Wildman–Crippen MR) is 86.6 cm³/mol. The van der Waals surface area contributed by atoms with E-state index in [1.54, 1.807) is 13.0 Å². The molecule has 0 bridgehead atoms.